The molecule has 1 aliphatic rings. The zero-order valence-electron chi connectivity index (χ0n) is 12.6. The van der Waals surface area contributed by atoms with Crippen LogP contribution in [0, 0.1) is 5.92 Å². The highest BCUT2D eigenvalue weighted by molar-refractivity contribution is 7.89. The standard InChI is InChI=1S/C14H24N2O4S/c1-3-15-10-13-4-5-14(20-13)21(17,18)16-11(2)12-6-8-19-9-7-12/h4-5,11-12,15-16H,3,6-10H2,1-2H3. The molecule has 1 aromatic heterocycles. The second kappa shape index (κ2) is 7.40. The Morgan fingerprint density at radius 2 is 2.05 bits per heavy atom. The fourth-order valence-electron chi connectivity index (χ4n) is 2.46. The molecule has 21 heavy (non-hydrogen) atoms. The van der Waals surface area contributed by atoms with Crippen LogP contribution in [0.25, 0.3) is 0 Å². The lowest BCUT2D eigenvalue weighted by Gasteiger charge is -2.27. The molecule has 0 spiro atoms. The normalized spacial score (nSPS) is 18.8. The summed E-state index contributed by atoms with van der Waals surface area (Å²) in [5.74, 6) is 0.931. The van der Waals surface area contributed by atoms with E-state index >= 15 is 0 Å². The van der Waals surface area contributed by atoms with Crippen molar-refractivity contribution in [2.75, 3.05) is 19.8 Å². The summed E-state index contributed by atoms with van der Waals surface area (Å²) in [6.45, 7) is 6.62. The Hall–Kier alpha value is -0.890. The zero-order chi connectivity index (χ0) is 15.3. The third-order valence-electron chi connectivity index (χ3n) is 3.77. The molecule has 1 aliphatic heterocycles. The first-order valence-corrected chi connectivity index (χ1v) is 8.90. The van der Waals surface area contributed by atoms with Crippen molar-refractivity contribution in [3.8, 4) is 0 Å². The minimum absolute atomic E-state index is 0.0192. The zero-order valence-corrected chi connectivity index (χ0v) is 13.4. The maximum atomic E-state index is 12.3. The molecule has 2 heterocycles. The van der Waals surface area contributed by atoms with Crippen molar-refractivity contribution in [1.29, 1.82) is 0 Å². The highest BCUT2D eigenvalue weighted by Gasteiger charge is 2.27. The van der Waals surface area contributed by atoms with Gasteiger partial charge in [0, 0.05) is 19.3 Å². The van der Waals surface area contributed by atoms with Crippen LogP contribution in [0.2, 0.25) is 0 Å². The highest BCUT2D eigenvalue weighted by atomic mass is 32.2. The lowest BCUT2D eigenvalue weighted by Crippen LogP contribution is -2.40. The average molecular weight is 316 g/mol. The predicted molar refractivity (Wildman–Crippen MR) is 79.4 cm³/mol. The Morgan fingerprint density at radius 3 is 2.71 bits per heavy atom. The lowest BCUT2D eigenvalue weighted by molar-refractivity contribution is 0.0585. The fourth-order valence-corrected chi connectivity index (χ4v) is 3.72. The van der Waals surface area contributed by atoms with Crippen LogP contribution in [0.15, 0.2) is 21.6 Å². The second-order valence-electron chi connectivity index (χ2n) is 5.36. The first-order chi connectivity index (χ1) is 10.0. The first-order valence-electron chi connectivity index (χ1n) is 7.42. The van der Waals surface area contributed by atoms with Gasteiger partial charge in [0.2, 0.25) is 5.09 Å². The van der Waals surface area contributed by atoms with Gasteiger partial charge in [0.1, 0.15) is 5.76 Å². The molecule has 0 radical (unpaired) electrons. The number of rotatable bonds is 7. The van der Waals surface area contributed by atoms with Crippen molar-refractivity contribution >= 4 is 10.0 Å². The molecule has 1 unspecified atom stereocenters. The summed E-state index contributed by atoms with van der Waals surface area (Å²) in [6, 6.07) is 3.07. The van der Waals surface area contributed by atoms with E-state index in [0.717, 1.165) is 19.4 Å². The van der Waals surface area contributed by atoms with E-state index in [1.165, 1.54) is 6.07 Å². The summed E-state index contributed by atoms with van der Waals surface area (Å²) in [6.07, 6.45) is 1.76. The van der Waals surface area contributed by atoms with E-state index in [9.17, 15) is 8.42 Å². The highest BCUT2D eigenvalue weighted by Crippen LogP contribution is 2.21. The number of ether oxygens (including phenoxy) is 1. The Labute approximate surface area is 126 Å². The molecular formula is C14H24N2O4S. The number of nitrogens with one attached hydrogen (secondary N) is 2. The molecule has 0 aliphatic carbocycles. The summed E-state index contributed by atoms with van der Waals surface area (Å²) in [5.41, 5.74) is 0. The summed E-state index contributed by atoms with van der Waals surface area (Å²) in [7, 11) is -3.60. The summed E-state index contributed by atoms with van der Waals surface area (Å²) >= 11 is 0. The molecular weight excluding hydrogens is 292 g/mol. The lowest BCUT2D eigenvalue weighted by atomic mass is 9.94. The largest absolute Gasteiger partial charge is 0.447 e. The Bertz CT molecular complexity index is 535. The first kappa shape index (κ1) is 16.5. The monoisotopic (exact) mass is 316 g/mol. The van der Waals surface area contributed by atoms with Crippen LogP contribution in [0.1, 0.15) is 32.4 Å². The number of hydrogen-bond donors (Lipinski definition) is 2. The van der Waals surface area contributed by atoms with Gasteiger partial charge >= 0.3 is 0 Å². The molecule has 2 N–H and O–H groups in total. The maximum Gasteiger partial charge on any atom is 0.274 e. The minimum Gasteiger partial charge on any atom is -0.447 e. The number of furan rings is 1. The number of hydrogen-bond acceptors (Lipinski definition) is 5. The second-order valence-corrected chi connectivity index (χ2v) is 7.01. The van der Waals surface area contributed by atoms with E-state index < -0.39 is 10.0 Å². The van der Waals surface area contributed by atoms with Crippen molar-refractivity contribution in [2.45, 2.75) is 44.4 Å². The third-order valence-corrected chi connectivity index (χ3v) is 5.20. The van der Waals surface area contributed by atoms with Gasteiger partial charge in [-0.1, -0.05) is 6.92 Å². The fraction of sp³-hybridized carbons (Fsp3) is 0.714. The molecule has 1 atom stereocenters. The van der Waals surface area contributed by atoms with Gasteiger partial charge in [-0.2, -0.15) is 0 Å². The smallest absolute Gasteiger partial charge is 0.274 e. The molecule has 1 saturated heterocycles. The van der Waals surface area contributed by atoms with E-state index in [1.807, 2.05) is 13.8 Å². The molecule has 0 amide bonds. The molecule has 6 nitrogen and oxygen atoms in total. The van der Waals surface area contributed by atoms with E-state index in [1.54, 1.807) is 6.07 Å². The van der Waals surface area contributed by atoms with Gasteiger partial charge in [0.25, 0.3) is 10.0 Å². The quantitative estimate of drug-likeness (QED) is 0.796. The van der Waals surface area contributed by atoms with Gasteiger partial charge in [-0.25, -0.2) is 13.1 Å². The van der Waals surface area contributed by atoms with Crippen LogP contribution in [-0.2, 0) is 21.3 Å². The van der Waals surface area contributed by atoms with Gasteiger partial charge in [0.15, 0.2) is 0 Å². The Morgan fingerprint density at radius 1 is 1.33 bits per heavy atom. The van der Waals surface area contributed by atoms with Crippen molar-refractivity contribution in [3.63, 3.8) is 0 Å². The van der Waals surface area contributed by atoms with Crippen LogP contribution >= 0.6 is 0 Å². The molecule has 0 aromatic carbocycles. The molecule has 2 rings (SSSR count). The summed E-state index contributed by atoms with van der Waals surface area (Å²) < 4.78 is 38.0. The number of sulfonamides is 1. The van der Waals surface area contributed by atoms with Crippen LogP contribution in [-0.4, -0.2) is 34.2 Å². The predicted octanol–water partition coefficient (Wildman–Crippen LogP) is 1.48. The minimum atomic E-state index is -3.60. The topological polar surface area (TPSA) is 80.6 Å². The van der Waals surface area contributed by atoms with Crippen molar-refractivity contribution in [3.05, 3.63) is 17.9 Å². The molecule has 1 fully saturated rings. The summed E-state index contributed by atoms with van der Waals surface area (Å²) in [5, 5.41) is 3.08. The van der Waals surface area contributed by atoms with Gasteiger partial charge in [-0.3, -0.25) is 0 Å². The van der Waals surface area contributed by atoms with Crippen LogP contribution < -0.4 is 10.0 Å². The Kier molecular flexibility index (Phi) is 5.80. The molecule has 0 saturated carbocycles. The molecule has 0 bridgehead atoms. The van der Waals surface area contributed by atoms with Gasteiger partial charge in [-0.15, -0.1) is 0 Å². The van der Waals surface area contributed by atoms with E-state index in [-0.39, 0.29) is 11.1 Å². The third kappa shape index (κ3) is 4.54. The van der Waals surface area contributed by atoms with Gasteiger partial charge < -0.3 is 14.5 Å². The maximum absolute atomic E-state index is 12.3. The Balaban J connectivity index is 1.98. The van der Waals surface area contributed by atoms with Crippen LogP contribution in [0.5, 0.6) is 0 Å². The average Bonchev–Trinajstić information content (AvgIpc) is 2.95. The molecule has 7 heteroatoms. The molecule has 120 valence electrons. The van der Waals surface area contributed by atoms with Crippen LogP contribution in [0.3, 0.4) is 0 Å². The van der Waals surface area contributed by atoms with E-state index in [4.69, 9.17) is 9.15 Å². The van der Waals surface area contributed by atoms with Crippen molar-refractivity contribution in [1.82, 2.24) is 10.0 Å². The van der Waals surface area contributed by atoms with Crippen molar-refractivity contribution < 1.29 is 17.6 Å². The molecule has 1 aromatic rings. The van der Waals surface area contributed by atoms with Gasteiger partial charge in [-0.05, 0) is 44.4 Å². The van der Waals surface area contributed by atoms with E-state index in [2.05, 4.69) is 10.0 Å². The SMILES string of the molecule is CCNCc1ccc(S(=O)(=O)NC(C)C2CCOCC2)o1. The van der Waals surface area contributed by atoms with Crippen LogP contribution in [0.4, 0.5) is 0 Å². The van der Waals surface area contributed by atoms with Crippen molar-refractivity contribution in [2.24, 2.45) is 5.92 Å². The van der Waals surface area contributed by atoms with E-state index in [0.29, 0.717) is 31.4 Å². The summed E-state index contributed by atoms with van der Waals surface area (Å²) in [4.78, 5) is 0. The van der Waals surface area contributed by atoms with Gasteiger partial charge in [0.05, 0.1) is 6.54 Å².